The molecule has 0 spiro atoms. The number of rotatable bonds is 11. The predicted molar refractivity (Wildman–Crippen MR) is 139 cm³/mol. The van der Waals surface area contributed by atoms with Gasteiger partial charge in [-0.25, -0.2) is 4.98 Å². The monoisotopic (exact) mass is 474 g/mol. The molecule has 7 nitrogen and oxygen atoms in total. The Morgan fingerprint density at radius 2 is 1.91 bits per heavy atom. The van der Waals surface area contributed by atoms with Crippen LogP contribution in [0.25, 0.3) is 11.8 Å². The summed E-state index contributed by atoms with van der Waals surface area (Å²) in [6.45, 7) is 5.56. The molecule has 1 aliphatic heterocycles. The van der Waals surface area contributed by atoms with Gasteiger partial charge >= 0.3 is 0 Å². The zero-order valence-corrected chi connectivity index (χ0v) is 21.0. The van der Waals surface area contributed by atoms with Crippen molar-refractivity contribution in [2.45, 2.75) is 38.8 Å². The molecule has 1 atom stereocenters. The van der Waals surface area contributed by atoms with Crippen LogP contribution >= 0.6 is 0 Å². The molecule has 4 rings (SSSR count). The van der Waals surface area contributed by atoms with Crippen molar-refractivity contribution in [2.24, 2.45) is 5.16 Å². The topological polar surface area (TPSA) is 61.1 Å². The maximum Gasteiger partial charge on any atom is 0.208 e. The fourth-order valence-electron chi connectivity index (χ4n) is 4.26. The second kappa shape index (κ2) is 11.2. The molecule has 0 saturated carbocycles. The normalized spacial score (nSPS) is 17.6. The summed E-state index contributed by atoms with van der Waals surface area (Å²) in [6, 6.07) is 16.6. The lowest BCUT2D eigenvalue weighted by Gasteiger charge is -2.34. The molecule has 0 amide bonds. The number of hydrogen-bond donors (Lipinski definition) is 0. The minimum Gasteiger partial charge on any atom is -0.495 e. The molecule has 0 radical (unpaired) electrons. The van der Waals surface area contributed by atoms with Crippen molar-refractivity contribution < 1.29 is 14.3 Å². The molecular formula is C28H34N4O3. The summed E-state index contributed by atoms with van der Waals surface area (Å²) in [7, 11) is 3.41. The van der Waals surface area contributed by atoms with Gasteiger partial charge in [0.25, 0.3) is 0 Å². The van der Waals surface area contributed by atoms with Gasteiger partial charge in [0, 0.05) is 32.9 Å². The highest BCUT2D eigenvalue weighted by atomic mass is 16.7. The third kappa shape index (κ3) is 5.92. The van der Waals surface area contributed by atoms with Crippen LogP contribution in [0.4, 0.5) is 0 Å². The summed E-state index contributed by atoms with van der Waals surface area (Å²) in [5.41, 5.74) is 3.70. The first kappa shape index (κ1) is 24.5. The van der Waals surface area contributed by atoms with Gasteiger partial charge in [-0.15, -0.1) is 0 Å². The number of aryl methyl sites for hydroxylation is 2. The molecule has 1 aromatic heterocycles. The lowest BCUT2D eigenvalue weighted by molar-refractivity contribution is -0.0902. The van der Waals surface area contributed by atoms with Crippen LogP contribution in [0, 0.1) is 6.92 Å². The first-order valence-corrected chi connectivity index (χ1v) is 12.0. The Bertz CT molecular complexity index is 1170. The Labute approximate surface area is 207 Å². The zero-order valence-electron chi connectivity index (χ0n) is 21.0. The lowest BCUT2D eigenvalue weighted by atomic mass is 10.0. The lowest BCUT2D eigenvalue weighted by Crippen LogP contribution is -2.46. The SMILES string of the molecule is COCCCN1C(/C=C/c2ccc(-n3cnc(C)c3)c(OC)c2)=NOC1(C)CCc1ccccc1. The molecule has 2 heterocycles. The van der Waals surface area contributed by atoms with Crippen LogP contribution in [0.2, 0.25) is 0 Å². The molecule has 2 aromatic carbocycles. The summed E-state index contributed by atoms with van der Waals surface area (Å²) < 4.78 is 12.9. The van der Waals surface area contributed by atoms with E-state index in [0.717, 1.165) is 54.3 Å². The van der Waals surface area contributed by atoms with Gasteiger partial charge in [0.2, 0.25) is 5.72 Å². The van der Waals surface area contributed by atoms with E-state index in [9.17, 15) is 0 Å². The van der Waals surface area contributed by atoms with Gasteiger partial charge in [0.1, 0.15) is 5.75 Å². The van der Waals surface area contributed by atoms with Crippen molar-refractivity contribution in [1.82, 2.24) is 14.5 Å². The second-order valence-electron chi connectivity index (χ2n) is 8.89. The average molecular weight is 475 g/mol. The summed E-state index contributed by atoms with van der Waals surface area (Å²) in [6.07, 6.45) is 10.5. The maximum atomic E-state index is 6.02. The third-order valence-electron chi connectivity index (χ3n) is 6.25. The molecule has 1 aliphatic rings. The van der Waals surface area contributed by atoms with Gasteiger partial charge in [0.15, 0.2) is 5.84 Å². The first-order chi connectivity index (χ1) is 17.0. The molecule has 3 aromatic rings. The van der Waals surface area contributed by atoms with E-state index in [-0.39, 0.29) is 0 Å². The molecule has 0 N–H and O–H groups in total. The van der Waals surface area contributed by atoms with Gasteiger partial charge < -0.3 is 23.8 Å². The zero-order chi connectivity index (χ0) is 24.7. The van der Waals surface area contributed by atoms with E-state index in [1.807, 2.05) is 48.0 Å². The number of nitrogens with zero attached hydrogens (tertiary/aromatic N) is 4. The Balaban J connectivity index is 1.50. The van der Waals surface area contributed by atoms with Crippen molar-refractivity contribution >= 4 is 11.9 Å². The van der Waals surface area contributed by atoms with Gasteiger partial charge in [-0.1, -0.05) is 47.6 Å². The van der Waals surface area contributed by atoms with Crippen LogP contribution in [0.3, 0.4) is 0 Å². The average Bonchev–Trinajstić information content (AvgIpc) is 3.45. The first-order valence-electron chi connectivity index (χ1n) is 12.0. The fourth-order valence-corrected chi connectivity index (χ4v) is 4.26. The van der Waals surface area contributed by atoms with Crippen LogP contribution in [0.5, 0.6) is 5.75 Å². The molecule has 1 unspecified atom stereocenters. The van der Waals surface area contributed by atoms with Gasteiger partial charge in [-0.05, 0) is 56.0 Å². The van der Waals surface area contributed by atoms with E-state index in [1.54, 1.807) is 20.5 Å². The predicted octanol–water partition coefficient (Wildman–Crippen LogP) is 5.23. The van der Waals surface area contributed by atoms with Crippen molar-refractivity contribution in [2.75, 3.05) is 27.4 Å². The van der Waals surface area contributed by atoms with E-state index >= 15 is 0 Å². The Hall–Kier alpha value is -3.58. The van der Waals surface area contributed by atoms with Crippen LogP contribution in [-0.2, 0) is 16.0 Å². The van der Waals surface area contributed by atoms with Crippen LogP contribution < -0.4 is 4.74 Å². The number of oxime groups is 1. The number of aromatic nitrogens is 2. The molecule has 35 heavy (non-hydrogen) atoms. The number of imidazole rings is 1. The van der Waals surface area contributed by atoms with E-state index < -0.39 is 5.72 Å². The Kier molecular flexibility index (Phi) is 7.87. The van der Waals surface area contributed by atoms with Gasteiger partial charge in [-0.2, -0.15) is 0 Å². The largest absolute Gasteiger partial charge is 0.495 e. The molecule has 7 heteroatoms. The minimum atomic E-state index is -0.510. The van der Waals surface area contributed by atoms with Gasteiger partial charge in [-0.3, -0.25) is 0 Å². The van der Waals surface area contributed by atoms with Crippen molar-refractivity contribution in [3.8, 4) is 11.4 Å². The Morgan fingerprint density at radius 1 is 1.09 bits per heavy atom. The van der Waals surface area contributed by atoms with Crippen LogP contribution in [-0.4, -0.2) is 53.4 Å². The fraction of sp³-hybridized carbons (Fsp3) is 0.357. The van der Waals surface area contributed by atoms with E-state index in [4.69, 9.17) is 14.3 Å². The molecule has 0 fully saturated rings. The Morgan fingerprint density at radius 3 is 2.63 bits per heavy atom. The number of methoxy groups -OCH3 is 2. The van der Waals surface area contributed by atoms with E-state index in [1.165, 1.54) is 5.56 Å². The summed E-state index contributed by atoms with van der Waals surface area (Å²) in [5, 5.41) is 4.46. The van der Waals surface area contributed by atoms with E-state index in [0.29, 0.717) is 6.61 Å². The number of hydrogen-bond acceptors (Lipinski definition) is 6. The molecular weight excluding hydrogens is 440 g/mol. The third-order valence-corrected chi connectivity index (χ3v) is 6.25. The molecule has 0 saturated heterocycles. The number of benzene rings is 2. The summed E-state index contributed by atoms with van der Waals surface area (Å²) in [5.74, 6) is 1.59. The van der Waals surface area contributed by atoms with E-state index in [2.05, 4.69) is 52.3 Å². The molecule has 0 aliphatic carbocycles. The van der Waals surface area contributed by atoms with Crippen molar-refractivity contribution in [1.29, 1.82) is 0 Å². The quantitative estimate of drug-likeness (QED) is 0.356. The van der Waals surface area contributed by atoms with Crippen LogP contribution in [0.1, 0.15) is 36.6 Å². The van der Waals surface area contributed by atoms with Crippen molar-refractivity contribution in [3.63, 3.8) is 0 Å². The maximum absolute atomic E-state index is 6.02. The summed E-state index contributed by atoms with van der Waals surface area (Å²) in [4.78, 5) is 12.6. The second-order valence-corrected chi connectivity index (χ2v) is 8.89. The highest BCUT2D eigenvalue weighted by Gasteiger charge is 2.40. The minimum absolute atomic E-state index is 0.510. The smallest absolute Gasteiger partial charge is 0.208 e. The number of amidine groups is 1. The highest BCUT2D eigenvalue weighted by molar-refractivity contribution is 5.97. The van der Waals surface area contributed by atoms with Crippen molar-refractivity contribution in [3.05, 3.63) is 84.0 Å². The van der Waals surface area contributed by atoms with Crippen LogP contribution in [0.15, 0.2) is 72.3 Å². The van der Waals surface area contributed by atoms with Gasteiger partial charge in [0.05, 0.1) is 24.8 Å². The standard InChI is InChI=1S/C28H34N4O3/c1-22-20-31(21-29-22)25-13-11-24(19-26(25)34-4)12-14-27-30-35-28(2,32(27)17-8-18-33-3)16-15-23-9-6-5-7-10-23/h5-7,9-14,19-21H,8,15-18H2,1-4H3/b14-12+. The summed E-state index contributed by atoms with van der Waals surface area (Å²) >= 11 is 0. The molecule has 184 valence electrons. The number of ether oxygens (including phenoxy) is 2. The highest BCUT2D eigenvalue weighted by Crippen LogP contribution is 2.31. The molecule has 0 bridgehead atoms.